The maximum Gasteiger partial charge on any atom is 0.271 e. The van der Waals surface area contributed by atoms with Crippen LogP contribution >= 0.6 is 11.8 Å². The van der Waals surface area contributed by atoms with E-state index in [9.17, 15) is 9.59 Å². The highest BCUT2D eigenvalue weighted by atomic mass is 32.2. The van der Waals surface area contributed by atoms with E-state index in [1.807, 2.05) is 6.26 Å². The molecule has 0 aromatic carbocycles. The number of amides is 1. The standard InChI is InChI=1S/C19H24N8O2S/c1-25-15(28)7-6-14(24-25)18(29)20-8-11-27-17-13(12-21-27)16(22-19(23-17)30-2)26-9-4-3-5-10-26/h6-7,12H,3-5,8-11H2,1-2H3,(H,20,29). The van der Waals surface area contributed by atoms with Gasteiger partial charge in [0.2, 0.25) is 0 Å². The zero-order chi connectivity index (χ0) is 21.1. The van der Waals surface area contributed by atoms with Gasteiger partial charge < -0.3 is 10.2 Å². The number of carbonyl (C=O) groups excluding carboxylic acids is 1. The second-order valence-corrected chi connectivity index (χ2v) is 7.90. The molecule has 0 spiro atoms. The average Bonchev–Trinajstić information content (AvgIpc) is 3.18. The molecule has 1 saturated heterocycles. The van der Waals surface area contributed by atoms with Crippen molar-refractivity contribution in [3.63, 3.8) is 0 Å². The second-order valence-electron chi connectivity index (χ2n) is 7.12. The van der Waals surface area contributed by atoms with Gasteiger partial charge in [-0.05, 0) is 31.6 Å². The monoisotopic (exact) mass is 428 g/mol. The first kappa shape index (κ1) is 20.3. The van der Waals surface area contributed by atoms with Gasteiger partial charge in [0.05, 0.1) is 18.1 Å². The van der Waals surface area contributed by atoms with Crippen molar-refractivity contribution < 1.29 is 4.79 Å². The number of carbonyl (C=O) groups is 1. The number of rotatable bonds is 6. The smallest absolute Gasteiger partial charge is 0.271 e. The third-order valence-electron chi connectivity index (χ3n) is 5.10. The van der Waals surface area contributed by atoms with Crippen molar-refractivity contribution in [2.45, 2.75) is 31.0 Å². The highest BCUT2D eigenvalue weighted by Gasteiger charge is 2.19. The van der Waals surface area contributed by atoms with Crippen molar-refractivity contribution in [2.24, 2.45) is 7.05 Å². The molecule has 3 aromatic heterocycles. The van der Waals surface area contributed by atoms with Gasteiger partial charge in [-0.25, -0.2) is 19.3 Å². The Bertz CT molecular complexity index is 1120. The van der Waals surface area contributed by atoms with Crippen LogP contribution in [0.3, 0.4) is 0 Å². The van der Waals surface area contributed by atoms with Crippen molar-refractivity contribution in [3.8, 4) is 0 Å². The molecule has 4 rings (SSSR count). The molecule has 30 heavy (non-hydrogen) atoms. The molecule has 0 radical (unpaired) electrons. The summed E-state index contributed by atoms with van der Waals surface area (Å²) < 4.78 is 2.93. The maximum absolute atomic E-state index is 12.3. The van der Waals surface area contributed by atoms with Gasteiger partial charge in [-0.15, -0.1) is 0 Å². The molecule has 1 fully saturated rings. The lowest BCUT2D eigenvalue weighted by atomic mass is 10.1. The average molecular weight is 429 g/mol. The summed E-state index contributed by atoms with van der Waals surface area (Å²) in [6.45, 7) is 2.81. The van der Waals surface area contributed by atoms with Crippen LogP contribution in [-0.4, -0.2) is 61.3 Å². The summed E-state index contributed by atoms with van der Waals surface area (Å²) in [5.41, 5.74) is 0.703. The molecule has 0 atom stereocenters. The number of aromatic nitrogens is 6. The van der Waals surface area contributed by atoms with E-state index >= 15 is 0 Å². The molecule has 1 amide bonds. The fourth-order valence-corrected chi connectivity index (χ4v) is 3.87. The number of fused-ring (bicyclic) bond motifs is 1. The van der Waals surface area contributed by atoms with E-state index in [2.05, 4.69) is 25.4 Å². The first-order valence-electron chi connectivity index (χ1n) is 9.92. The number of thioether (sulfide) groups is 1. The number of aryl methyl sites for hydroxylation is 1. The topological polar surface area (TPSA) is 111 Å². The number of nitrogens with zero attached hydrogens (tertiary/aromatic N) is 7. The molecule has 0 bridgehead atoms. The largest absolute Gasteiger partial charge is 0.356 e. The summed E-state index contributed by atoms with van der Waals surface area (Å²) >= 11 is 1.51. The van der Waals surface area contributed by atoms with Crippen LogP contribution in [0.5, 0.6) is 0 Å². The van der Waals surface area contributed by atoms with Crippen LogP contribution in [0.1, 0.15) is 29.8 Å². The Morgan fingerprint density at radius 1 is 1.20 bits per heavy atom. The molecule has 0 aliphatic carbocycles. The molecule has 4 heterocycles. The number of anilines is 1. The van der Waals surface area contributed by atoms with Crippen molar-refractivity contribution in [2.75, 3.05) is 30.8 Å². The van der Waals surface area contributed by atoms with Crippen molar-refractivity contribution >= 4 is 34.5 Å². The van der Waals surface area contributed by atoms with Crippen molar-refractivity contribution in [3.05, 3.63) is 34.4 Å². The minimum absolute atomic E-state index is 0.196. The molecule has 1 aliphatic heterocycles. The lowest BCUT2D eigenvalue weighted by molar-refractivity contribution is 0.0944. The van der Waals surface area contributed by atoms with Gasteiger partial charge in [0.15, 0.2) is 10.8 Å². The van der Waals surface area contributed by atoms with Crippen LogP contribution < -0.4 is 15.8 Å². The maximum atomic E-state index is 12.3. The quantitative estimate of drug-likeness (QED) is 0.458. The van der Waals surface area contributed by atoms with E-state index in [0.717, 1.165) is 34.6 Å². The Labute approximate surface area is 177 Å². The van der Waals surface area contributed by atoms with Crippen LogP contribution in [0.4, 0.5) is 5.82 Å². The van der Waals surface area contributed by atoms with Crippen molar-refractivity contribution in [1.82, 2.24) is 34.8 Å². The predicted molar refractivity (Wildman–Crippen MR) is 115 cm³/mol. The van der Waals surface area contributed by atoms with E-state index in [1.54, 1.807) is 10.9 Å². The van der Waals surface area contributed by atoms with Crippen LogP contribution in [0.15, 0.2) is 28.3 Å². The van der Waals surface area contributed by atoms with Crippen molar-refractivity contribution in [1.29, 1.82) is 0 Å². The predicted octanol–water partition coefficient (Wildman–Crippen LogP) is 1.06. The van der Waals surface area contributed by atoms with Gasteiger partial charge in [-0.3, -0.25) is 9.59 Å². The first-order chi connectivity index (χ1) is 14.6. The number of hydrogen-bond donors (Lipinski definition) is 1. The highest BCUT2D eigenvalue weighted by molar-refractivity contribution is 7.98. The molecule has 158 valence electrons. The van der Waals surface area contributed by atoms with E-state index in [0.29, 0.717) is 18.2 Å². The van der Waals surface area contributed by atoms with Gasteiger partial charge >= 0.3 is 0 Å². The number of piperidine rings is 1. The summed E-state index contributed by atoms with van der Waals surface area (Å²) in [6.07, 6.45) is 7.35. The Morgan fingerprint density at radius 2 is 2.00 bits per heavy atom. The normalized spacial score (nSPS) is 14.3. The van der Waals surface area contributed by atoms with Gasteiger partial charge in [0.1, 0.15) is 11.5 Å². The first-order valence-corrected chi connectivity index (χ1v) is 11.1. The molecule has 10 nitrogen and oxygen atoms in total. The van der Waals surface area contributed by atoms with Gasteiger partial charge in [0.25, 0.3) is 11.5 Å². The van der Waals surface area contributed by atoms with Crippen LogP contribution in [0, 0.1) is 0 Å². The van der Waals surface area contributed by atoms with Gasteiger partial charge in [-0.2, -0.15) is 10.2 Å². The minimum Gasteiger partial charge on any atom is -0.356 e. The van der Waals surface area contributed by atoms with Crippen LogP contribution in [0.25, 0.3) is 11.0 Å². The zero-order valence-corrected chi connectivity index (χ0v) is 17.9. The van der Waals surface area contributed by atoms with Gasteiger partial charge in [0, 0.05) is 32.7 Å². The van der Waals surface area contributed by atoms with E-state index in [4.69, 9.17) is 4.98 Å². The molecule has 0 unspecified atom stereocenters. The number of hydrogen-bond acceptors (Lipinski definition) is 8. The third-order valence-corrected chi connectivity index (χ3v) is 5.64. The lowest BCUT2D eigenvalue weighted by Gasteiger charge is -2.28. The summed E-state index contributed by atoms with van der Waals surface area (Å²) in [4.78, 5) is 35.4. The fourth-order valence-electron chi connectivity index (χ4n) is 3.51. The van der Waals surface area contributed by atoms with Crippen LogP contribution in [-0.2, 0) is 13.6 Å². The lowest BCUT2D eigenvalue weighted by Crippen LogP contribution is -2.31. The second kappa shape index (κ2) is 8.82. The summed E-state index contributed by atoms with van der Waals surface area (Å²) in [7, 11) is 1.51. The molecule has 11 heteroatoms. The molecular weight excluding hydrogens is 404 g/mol. The molecule has 0 saturated carbocycles. The van der Waals surface area contributed by atoms with E-state index < -0.39 is 0 Å². The minimum atomic E-state index is -0.338. The number of nitrogens with one attached hydrogen (secondary N) is 1. The Hall–Kier alpha value is -2.95. The Morgan fingerprint density at radius 3 is 2.73 bits per heavy atom. The molecule has 1 N–H and O–H groups in total. The van der Waals surface area contributed by atoms with E-state index in [-0.39, 0.29) is 17.2 Å². The van der Waals surface area contributed by atoms with Gasteiger partial charge in [-0.1, -0.05) is 11.8 Å². The molecule has 1 aliphatic rings. The Balaban J connectivity index is 1.51. The Kier molecular flexibility index (Phi) is 5.98. The SMILES string of the molecule is CSc1nc(N2CCCCC2)c2cnn(CCNC(=O)c3ccc(=O)n(C)n3)c2n1. The van der Waals surface area contributed by atoms with Crippen LogP contribution in [0.2, 0.25) is 0 Å². The molecule has 3 aromatic rings. The summed E-state index contributed by atoms with van der Waals surface area (Å²) in [5, 5.41) is 12.9. The zero-order valence-electron chi connectivity index (χ0n) is 17.0. The highest BCUT2D eigenvalue weighted by Crippen LogP contribution is 2.28. The third kappa shape index (κ3) is 4.16. The fraction of sp³-hybridized carbons (Fsp3) is 0.474. The summed E-state index contributed by atoms with van der Waals surface area (Å²) in [6, 6.07) is 2.75. The molecular formula is C19H24N8O2S. The summed E-state index contributed by atoms with van der Waals surface area (Å²) in [5.74, 6) is 0.601. The van der Waals surface area contributed by atoms with E-state index in [1.165, 1.54) is 50.2 Å².